The lowest BCUT2D eigenvalue weighted by Gasteiger charge is -2.10. The average molecular weight is 336 g/mol. The van der Waals surface area contributed by atoms with Gasteiger partial charge in [-0.1, -0.05) is 6.07 Å². The average Bonchev–Trinajstić information content (AvgIpc) is 2.96. The van der Waals surface area contributed by atoms with E-state index in [4.69, 9.17) is 9.15 Å². The van der Waals surface area contributed by atoms with E-state index in [9.17, 15) is 4.79 Å². The van der Waals surface area contributed by atoms with Crippen LogP contribution in [0.15, 0.2) is 47.2 Å². The maximum Gasteiger partial charge on any atom is 0.249 e. The number of aryl methyl sites for hydroxylation is 2. The minimum absolute atomic E-state index is 0.236. The monoisotopic (exact) mass is 336 g/mol. The fourth-order valence-electron chi connectivity index (χ4n) is 2.64. The highest BCUT2D eigenvalue weighted by Gasteiger charge is 2.12. The van der Waals surface area contributed by atoms with E-state index in [0.717, 1.165) is 33.2 Å². The largest absolute Gasteiger partial charge is 0.496 e. The van der Waals surface area contributed by atoms with Crippen molar-refractivity contribution in [2.45, 2.75) is 20.8 Å². The van der Waals surface area contributed by atoms with Crippen molar-refractivity contribution in [1.82, 2.24) is 4.98 Å². The van der Waals surface area contributed by atoms with Crippen LogP contribution in [0.3, 0.4) is 0 Å². The van der Waals surface area contributed by atoms with Gasteiger partial charge in [0, 0.05) is 29.3 Å². The van der Waals surface area contributed by atoms with Crippen molar-refractivity contribution < 1.29 is 13.9 Å². The molecule has 0 aliphatic rings. The molecule has 0 unspecified atom stereocenters. The third-order valence-electron chi connectivity index (χ3n) is 4.02. The Labute approximate surface area is 146 Å². The van der Waals surface area contributed by atoms with E-state index in [-0.39, 0.29) is 5.91 Å². The molecule has 3 rings (SSSR count). The number of amides is 1. The Morgan fingerprint density at radius 2 is 2.08 bits per heavy atom. The lowest BCUT2D eigenvalue weighted by atomic mass is 10.0. The topological polar surface area (TPSA) is 64.4 Å². The van der Waals surface area contributed by atoms with Crippen LogP contribution < -0.4 is 10.1 Å². The van der Waals surface area contributed by atoms with E-state index in [2.05, 4.69) is 10.3 Å². The molecular formula is C20H20N2O3. The zero-order valence-corrected chi connectivity index (χ0v) is 14.7. The smallest absolute Gasteiger partial charge is 0.249 e. The molecule has 1 amide bonds. The molecule has 0 saturated heterocycles. The van der Waals surface area contributed by atoms with Gasteiger partial charge in [-0.15, -0.1) is 0 Å². The molecule has 0 spiro atoms. The Bertz CT molecular complexity index is 953. The molecule has 0 aliphatic carbocycles. The summed E-state index contributed by atoms with van der Waals surface area (Å²) in [6, 6.07) is 7.50. The Morgan fingerprint density at radius 1 is 1.28 bits per heavy atom. The highest BCUT2D eigenvalue weighted by atomic mass is 16.5. The summed E-state index contributed by atoms with van der Waals surface area (Å²) in [7, 11) is 1.60. The van der Waals surface area contributed by atoms with Gasteiger partial charge in [-0.25, -0.2) is 4.98 Å². The highest BCUT2D eigenvalue weighted by Crippen LogP contribution is 2.33. The van der Waals surface area contributed by atoms with Gasteiger partial charge < -0.3 is 14.5 Å². The summed E-state index contributed by atoms with van der Waals surface area (Å²) in [5.74, 6) is 0.949. The van der Waals surface area contributed by atoms with E-state index >= 15 is 0 Å². The number of furan rings is 1. The first kappa shape index (κ1) is 16.8. The van der Waals surface area contributed by atoms with Gasteiger partial charge in [-0.05, 0) is 49.6 Å². The second-order valence-electron chi connectivity index (χ2n) is 6.00. The van der Waals surface area contributed by atoms with Crippen molar-refractivity contribution in [1.29, 1.82) is 0 Å². The van der Waals surface area contributed by atoms with Crippen molar-refractivity contribution in [2.75, 3.05) is 12.4 Å². The van der Waals surface area contributed by atoms with Crippen molar-refractivity contribution in [3.8, 4) is 5.75 Å². The molecule has 25 heavy (non-hydrogen) atoms. The summed E-state index contributed by atoms with van der Waals surface area (Å²) < 4.78 is 11.0. The van der Waals surface area contributed by atoms with Crippen LogP contribution in [0.25, 0.3) is 16.5 Å². The van der Waals surface area contributed by atoms with Crippen LogP contribution in [0.2, 0.25) is 0 Å². The number of aromatic nitrogens is 1. The Balaban J connectivity index is 1.90. The molecule has 0 bridgehead atoms. The first-order valence-electron chi connectivity index (χ1n) is 7.96. The van der Waals surface area contributed by atoms with Gasteiger partial charge in [0.15, 0.2) is 0 Å². The Morgan fingerprint density at radius 3 is 2.76 bits per heavy atom. The molecule has 5 heteroatoms. The van der Waals surface area contributed by atoms with Crippen molar-refractivity contribution in [2.24, 2.45) is 0 Å². The van der Waals surface area contributed by atoms with Gasteiger partial charge in [-0.2, -0.15) is 0 Å². The molecule has 128 valence electrons. The highest BCUT2D eigenvalue weighted by molar-refractivity contribution is 6.04. The summed E-state index contributed by atoms with van der Waals surface area (Å²) in [5, 5.41) is 3.77. The van der Waals surface area contributed by atoms with E-state index in [1.54, 1.807) is 31.7 Å². The zero-order chi connectivity index (χ0) is 18.0. The number of methoxy groups -OCH3 is 1. The maximum absolute atomic E-state index is 12.3. The number of allylic oxidation sites excluding steroid dienone is 1. The van der Waals surface area contributed by atoms with Gasteiger partial charge in [0.2, 0.25) is 5.91 Å². The fourth-order valence-corrected chi connectivity index (χ4v) is 2.64. The minimum atomic E-state index is -0.236. The molecular weight excluding hydrogens is 316 g/mol. The SMILES string of the molecule is COc1cc2occ(C)c2cc1/C(C)=C/C(=O)Nc1ccc(C)cn1. The number of pyridine rings is 1. The predicted octanol–water partition coefficient (Wildman–Crippen LogP) is 4.50. The van der Waals surface area contributed by atoms with Gasteiger partial charge in [0.25, 0.3) is 0 Å². The summed E-state index contributed by atoms with van der Waals surface area (Å²) >= 11 is 0. The summed E-state index contributed by atoms with van der Waals surface area (Å²) in [6.45, 7) is 5.81. The van der Waals surface area contributed by atoms with E-state index in [1.807, 2.05) is 39.0 Å². The first-order valence-corrected chi connectivity index (χ1v) is 7.96. The van der Waals surface area contributed by atoms with Crippen molar-refractivity contribution in [3.05, 3.63) is 59.5 Å². The van der Waals surface area contributed by atoms with Gasteiger partial charge >= 0.3 is 0 Å². The molecule has 3 aromatic rings. The fraction of sp³-hybridized carbons (Fsp3) is 0.200. The second kappa shape index (κ2) is 6.81. The number of carbonyl (C=O) groups is 1. The summed E-state index contributed by atoms with van der Waals surface area (Å²) in [5.41, 5.74) is 4.49. The molecule has 0 atom stereocenters. The third-order valence-corrected chi connectivity index (χ3v) is 4.02. The maximum atomic E-state index is 12.3. The van der Waals surface area contributed by atoms with E-state index in [1.165, 1.54) is 0 Å². The Kier molecular flexibility index (Phi) is 4.57. The van der Waals surface area contributed by atoms with Crippen LogP contribution in [0.5, 0.6) is 5.75 Å². The van der Waals surface area contributed by atoms with Crippen LogP contribution in [-0.2, 0) is 4.79 Å². The molecule has 0 saturated carbocycles. The summed E-state index contributed by atoms with van der Waals surface area (Å²) in [4.78, 5) is 16.5. The number of carbonyl (C=O) groups excluding carboxylic acids is 1. The van der Waals surface area contributed by atoms with Crippen LogP contribution in [0, 0.1) is 13.8 Å². The number of nitrogens with one attached hydrogen (secondary N) is 1. The van der Waals surface area contributed by atoms with Crippen molar-refractivity contribution in [3.63, 3.8) is 0 Å². The predicted molar refractivity (Wildman–Crippen MR) is 98.8 cm³/mol. The summed E-state index contributed by atoms with van der Waals surface area (Å²) in [6.07, 6.45) is 4.97. The van der Waals surface area contributed by atoms with Crippen LogP contribution >= 0.6 is 0 Å². The molecule has 2 aromatic heterocycles. The van der Waals surface area contributed by atoms with Gasteiger partial charge in [-0.3, -0.25) is 4.79 Å². The first-order chi connectivity index (χ1) is 12.0. The molecule has 0 radical (unpaired) electrons. The van der Waals surface area contributed by atoms with Crippen LogP contribution in [0.1, 0.15) is 23.6 Å². The normalized spacial score (nSPS) is 11.6. The quantitative estimate of drug-likeness (QED) is 0.713. The number of nitrogens with zero attached hydrogens (tertiary/aromatic N) is 1. The molecule has 2 heterocycles. The van der Waals surface area contributed by atoms with E-state index in [0.29, 0.717) is 11.6 Å². The zero-order valence-electron chi connectivity index (χ0n) is 14.7. The van der Waals surface area contributed by atoms with Crippen molar-refractivity contribution >= 4 is 28.3 Å². The third kappa shape index (κ3) is 3.55. The Hall–Kier alpha value is -3.08. The number of fused-ring (bicyclic) bond motifs is 1. The second-order valence-corrected chi connectivity index (χ2v) is 6.00. The minimum Gasteiger partial charge on any atom is -0.496 e. The van der Waals surface area contributed by atoms with Crippen LogP contribution in [0.4, 0.5) is 5.82 Å². The van der Waals surface area contributed by atoms with Gasteiger partial charge in [0.05, 0.1) is 13.4 Å². The number of rotatable bonds is 4. The van der Waals surface area contributed by atoms with E-state index < -0.39 is 0 Å². The lowest BCUT2D eigenvalue weighted by molar-refractivity contribution is -0.111. The molecule has 5 nitrogen and oxygen atoms in total. The lowest BCUT2D eigenvalue weighted by Crippen LogP contribution is -2.10. The standard InChI is InChI=1S/C20H20N2O3/c1-12-5-6-19(21-10-12)22-20(23)7-13(2)15-8-16-14(3)11-25-18(16)9-17(15)24-4/h5-11H,1-4H3,(H,21,22,23)/b13-7+. The van der Waals surface area contributed by atoms with Gasteiger partial charge in [0.1, 0.15) is 17.2 Å². The number of hydrogen-bond donors (Lipinski definition) is 1. The number of ether oxygens (including phenoxy) is 1. The molecule has 0 aliphatic heterocycles. The number of benzene rings is 1. The molecule has 1 N–H and O–H groups in total. The van der Waals surface area contributed by atoms with Crippen LogP contribution in [-0.4, -0.2) is 18.0 Å². The number of hydrogen-bond acceptors (Lipinski definition) is 4. The molecule has 0 fully saturated rings. The number of anilines is 1. The molecule has 1 aromatic carbocycles.